The lowest BCUT2D eigenvalue weighted by Crippen LogP contribution is -2.28. The van der Waals surface area contributed by atoms with Gasteiger partial charge in [-0.15, -0.1) is 0 Å². The van der Waals surface area contributed by atoms with Gasteiger partial charge in [-0.2, -0.15) is 0 Å². The number of aromatic nitrogens is 1. The average molecular weight is 439 g/mol. The molecule has 1 unspecified atom stereocenters. The van der Waals surface area contributed by atoms with Gasteiger partial charge in [-0.25, -0.2) is 4.98 Å². The standard InChI is InChI=1S/C28H26N2O3/c1-31-26-18-24-22(17-27(26)33-19-21-6-3-2-4-7-21)12-13-29-25(24)11-10-20-8-5-9-23(16-20)28-30-14-15-32-28/h2-11,14-18,25,29H,12-13,19H2,1H3. The summed E-state index contributed by atoms with van der Waals surface area (Å²) in [6, 6.07) is 22.7. The normalized spacial score (nSPS) is 15.4. The molecular formula is C28H26N2O3. The largest absolute Gasteiger partial charge is 0.493 e. The van der Waals surface area contributed by atoms with Crippen LogP contribution in [0.4, 0.5) is 0 Å². The lowest BCUT2D eigenvalue weighted by Gasteiger charge is -2.26. The molecule has 5 nitrogen and oxygen atoms in total. The van der Waals surface area contributed by atoms with Crippen molar-refractivity contribution in [1.29, 1.82) is 0 Å². The van der Waals surface area contributed by atoms with E-state index in [1.165, 1.54) is 11.1 Å². The SMILES string of the molecule is COc1cc2c(cc1OCc1ccccc1)CCNC2C=Cc1cccc(-c2ncco2)c1. The minimum Gasteiger partial charge on any atom is -0.493 e. The van der Waals surface area contributed by atoms with E-state index in [0.29, 0.717) is 12.5 Å². The van der Waals surface area contributed by atoms with E-state index in [0.717, 1.165) is 41.2 Å². The topological polar surface area (TPSA) is 56.5 Å². The zero-order valence-corrected chi connectivity index (χ0v) is 18.5. The molecule has 1 aromatic heterocycles. The van der Waals surface area contributed by atoms with Crippen LogP contribution in [0.15, 0.2) is 89.7 Å². The van der Waals surface area contributed by atoms with Crippen LogP contribution in [0.3, 0.4) is 0 Å². The van der Waals surface area contributed by atoms with E-state index in [9.17, 15) is 0 Å². The molecule has 0 saturated heterocycles. The minimum atomic E-state index is 0.0937. The molecule has 5 heteroatoms. The van der Waals surface area contributed by atoms with E-state index in [1.807, 2.05) is 30.3 Å². The van der Waals surface area contributed by atoms with Gasteiger partial charge in [0.05, 0.1) is 19.3 Å². The fourth-order valence-electron chi connectivity index (χ4n) is 4.12. The van der Waals surface area contributed by atoms with E-state index >= 15 is 0 Å². The first-order valence-electron chi connectivity index (χ1n) is 11.1. The lowest BCUT2D eigenvalue weighted by atomic mass is 9.93. The van der Waals surface area contributed by atoms with Crippen LogP contribution < -0.4 is 14.8 Å². The van der Waals surface area contributed by atoms with Gasteiger partial charge in [-0.05, 0) is 52.9 Å². The van der Waals surface area contributed by atoms with Crippen molar-refractivity contribution < 1.29 is 13.9 Å². The predicted molar refractivity (Wildman–Crippen MR) is 129 cm³/mol. The number of fused-ring (bicyclic) bond motifs is 1. The molecule has 1 N–H and O–H groups in total. The quantitative estimate of drug-likeness (QED) is 0.393. The molecule has 5 rings (SSSR count). The summed E-state index contributed by atoms with van der Waals surface area (Å²) in [4.78, 5) is 4.24. The Morgan fingerprint density at radius 1 is 1.06 bits per heavy atom. The van der Waals surface area contributed by atoms with Crippen molar-refractivity contribution in [2.45, 2.75) is 19.1 Å². The number of methoxy groups -OCH3 is 1. The van der Waals surface area contributed by atoms with Gasteiger partial charge >= 0.3 is 0 Å². The number of ether oxygens (including phenoxy) is 2. The van der Waals surface area contributed by atoms with Crippen LogP contribution in [0.2, 0.25) is 0 Å². The molecule has 0 bridgehead atoms. The minimum absolute atomic E-state index is 0.0937. The van der Waals surface area contributed by atoms with E-state index in [4.69, 9.17) is 13.9 Å². The fraction of sp³-hybridized carbons (Fsp3) is 0.179. The van der Waals surface area contributed by atoms with Crippen molar-refractivity contribution in [2.75, 3.05) is 13.7 Å². The van der Waals surface area contributed by atoms with Gasteiger partial charge in [0.1, 0.15) is 12.9 Å². The maximum atomic E-state index is 6.12. The Hall–Kier alpha value is -3.83. The molecule has 166 valence electrons. The smallest absolute Gasteiger partial charge is 0.225 e. The van der Waals surface area contributed by atoms with E-state index in [2.05, 4.69) is 58.9 Å². The molecule has 0 fully saturated rings. The summed E-state index contributed by atoms with van der Waals surface area (Å²) in [5.41, 5.74) is 5.67. The van der Waals surface area contributed by atoms with Gasteiger partial charge in [0.2, 0.25) is 5.89 Å². The van der Waals surface area contributed by atoms with E-state index in [1.54, 1.807) is 19.6 Å². The van der Waals surface area contributed by atoms with Crippen LogP contribution in [-0.2, 0) is 13.0 Å². The van der Waals surface area contributed by atoms with E-state index in [-0.39, 0.29) is 6.04 Å². The number of hydrogen-bond donors (Lipinski definition) is 1. The van der Waals surface area contributed by atoms with Crippen molar-refractivity contribution in [1.82, 2.24) is 10.3 Å². The van der Waals surface area contributed by atoms with Crippen LogP contribution in [-0.4, -0.2) is 18.6 Å². The molecule has 1 aliphatic rings. The van der Waals surface area contributed by atoms with Crippen molar-refractivity contribution in [2.24, 2.45) is 0 Å². The third-order valence-electron chi connectivity index (χ3n) is 5.80. The molecule has 4 aromatic rings. The Morgan fingerprint density at radius 2 is 1.97 bits per heavy atom. The first kappa shape index (κ1) is 21.0. The number of nitrogens with zero attached hydrogens (tertiary/aromatic N) is 1. The molecule has 0 saturated carbocycles. The van der Waals surface area contributed by atoms with Crippen LogP contribution in [0.1, 0.15) is 28.3 Å². The average Bonchev–Trinajstić information content (AvgIpc) is 3.41. The molecule has 0 spiro atoms. The molecule has 2 heterocycles. The summed E-state index contributed by atoms with van der Waals surface area (Å²) in [6.45, 7) is 1.42. The van der Waals surface area contributed by atoms with Crippen LogP contribution in [0.25, 0.3) is 17.5 Å². The third-order valence-corrected chi connectivity index (χ3v) is 5.80. The first-order chi connectivity index (χ1) is 16.3. The molecule has 0 aliphatic carbocycles. The highest BCUT2D eigenvalue weighted by molar-refractivity contribution is 5.62. The Kier molecular flexibility index (Phi) is 6.22. The molecule has 3 aromatic carbocycles. The Bertz CT molecular complexity index is 1230. The molecule has 1 aliphatic heterocycles. The van der Waals surface area contributed by atoms with Gasteiger partial charge < -0.3 is 19.2 Å². The molecule has 0 amide bonds. The van der Waals surface area contributed by atoms with Crippen molar-refractivity contribution in [3.8, 4) is 23.0 Å². The molecule has 33 heavy (non-hydrogen) atoms. The van der Waals surface area contributed by atoms with Crippen molar-refractivity contribution in [3.63, 3.8) is 0 Å². The fourth-order valence-corrected chi connectivity index (χ4v) is 4.12. The third kappa shape index (κ3) is 4.83. The molecule has 1 atom stereocenters. The monoisotopic (exact) mass is 438 g/mol. The summed E-state index contributed by atoms with van der Waals surface area (Å²) in [5.74, 6) is 2.15. The second-order valence-electron chi connectivity index (χ2n) is 7.98. The Labute approximate surface area is 193 Å². The lowest BCUT2D eigenvalue weighted by molar-refractivity contribution is 0.283. The van der Waals surface area contributed by atoms with Crippen LogP contribution >= 0.6 is 0 Å². The van der Waals surface area contributed by atoms with Crippen molar-refractivity contribution >= 4 is 6.08 Å². The number of nitrogens with one attached hydrogen (secondary N) is 1. The second kappa shape index (κ2) is 9.76. The first-order valence-corrected chi connectivity index (χ1v) is 11.1. The Morgan fingerprint density at radius 3 is 2.79 bits per heavy atom. The van der Waals surface area contributed by atoms with Gasteiger partial charge in [-0.1, -0.05) is 54.6 Å². The van der Waals surface area contributed by atoms with Gasteiger partial charge in [0.25, 0.3) is 0 Å². The summed E-state index contributed by atoms with van der Waals surface area (Å²) in [7, 11) is 1.69. The highest BCUT2D eigenvalue weighted by Gasteiger charge is 2.21. The number of hydrogen-bond acceptors (Lipinski definition) is 5. The summed E-state index contributed by atoms with van der Waals surface area (Å²) < 4.78 is 17.2. The highest BCUT2D eigenvalue weighted by Crippen LogP contribution is 2.36. The van der Waals surface area contributed by atoms with Crippen LogP contribution in [0.5, 0.6) is 11.5 Å². The molecular weight excluding hydrogens is 412 g/mol. The number of benzene rings is 3. The van der Waals surface area contributed by atoms with E-state index < -0.39 is 0 Å². The maximum Gasteiger partial charge on any atom is 0.225 e. The number of oxazole rings is 1. The van der Waals surface area contributed by atoms with Gasteiger partial charge in [0.15, 0.2) is 11.5 Å². The van der Waals surface area contributed by atoms with Gasteiger partial charge in [-0.3, -0.25) is 0 Å². The van der Waals surface area contributed by atoms with Crippen molar-refractivity contribution in [3.05, 3.63) is 108 Å². The predicted octanol–water partition coefficient (Wildman–Crippen LogP) is 5.83. The molecule has 0 radical (unpaired) electrons. The Balaban J connectivity index is 1.37. The second-order valence-corrected chi connectivity index (χ2v) is 7.98. The zero-order chi connectivity index (χ0) is 22.5. The highest BCUT2D eigenvalue weighted by atomic mass is 16.5. The number of rotatable bonds is 7. The van der Waals surface area contributed by atoms with Crippen LogP contribution in [0, 0.1) is 0 Å². The van der Waals surface area contributed by atoms with Gasteiger partial charge in [0, 0.05) is 12.1 Å². The summed E-state index contributed by atoms with van der Waals surface area (Å²) in [5, 5.41) is 3.60. The summed E-state index contributed by atoms with van der Waals surface area (Å²) in [6.07, 6.45) is 8.52. The maximum absolute atomic E-state index is 6.12. The summed E-state index contributed by atoms with van der Waals surface area (Å²) >= 11 is 0. The zero-order valence-electron chi connectivity index (χ0n) is 18.5.